The third-order valence-electron chi connectivity index (χ3n) is 7.08. The summed E-state index contributed by atoms with van der Waals surface area (Å²) in [5, 5.41) is 13.7. The first-order valence-corrected chi connectivity index (χ1v) is 12.2. The zero-order valence-corrected chi connectivity index (χ0v) is 20.6. The van der Waals surface area contributed by atoms with Gasteiger partial charge in [0.05, 0.1) is 30.4 Å². The van der Waals surface area contributed by atoms with Crippen molar-refractivity contribution >= 4 is 28.1 Å². The van der Waals surface area contributed by atoms with Crippen molar-refractivity contribution in [1.82, 2.24) is 0 Å². The van der Waals surface area contributed by atoms with Crippen LogP contribution in [0.5, 0.6) is 0 Å². The number of hydrogen-bond donors (Lipinski definition) is 0. The summed E-state index contributed by atoms with van der Waals surface area (Å²) in [7, 11) is 0. The molecule has 1 saturated heterocycles. The second kappa shape index (κ2) is 8.50. The smallest absolute Gasteiger partial charge is 0.292 e. The number of nitro benzene ring substituents is 1. The van der Waals surface area contributed by atoms with Gasteiger partial charge in [0.2, 0.25) is 0 Å². The van der Waals surface area contributed by atoms with E-state index < -0.39 is 10.7 Å². The van der Waals surface area contributed by atoms with Crippen LogP contribution in [0.2, 0.25) is 0 Å². The normalized spacial score (nSPS) is 17.8. The van der Waals surface area contributed by atoms with E-state index >= 15 is 0 Å². The van der Waals surface area contributed by atoms with Gasteiger partial charge in [-0.2, -0.15) is 0 Å². The van der Waals surface area contributed by atoms with Crippen LogP contribution in [0.25, 0.3) is 21.9 Å². The quantitative estimate of drug-likeness (QED) is 0.251. The van der Waals surface area contributed by atoms with Gasteiger partial charge in [-0.1, -0.05) is 74.5 Å². The Labute approximate surface area is 214 Å². The van der Waals surface area contributed by atoms with Crippen molar-refractivity contribution in [1.29, 1.82) is 0 Å². The monoisotopic (exact) mass is 494 g/mol. The third-order valence-corrected chi connectivity index (χ3v) is 7.08. The predicted molar refractivity (Wildman–Crippen MR) is 141 cm³/mol. The first kappa shape index (κ1) is 23.3. The van der Waals surface area contributed by atoms with Crippen LogP contribution in [0, 0.1) is 15.5 Å². The molecule has 0 radical (unpaired) electrons. The minimum absolute atomic E-state index is 0.0621. The number of anilines is 1. The van der Waals surface area contributed by atoms with E-state index in [1.54, 1.807) is 11.0 Å². The average Bonchev–Trinajstić information content (AvgIpc) is 2.98. The molecule has 6 rings (SSSR count). The summed E-state index contributed by atoms with van der Waals surface area (Å²) in [5.74, 6) is -2.08. The van der Waals surface area contributed by atoms with Crippen LogP contribution in [-0.2, 0) is 26.6 Å². The standard InChI is InChI=1S/C30H26N2O5/c1-29(2)18-36-30(37-19-29)25-14-13-22(32(34)35)16-24(25)27-23-11-7-6-10-21(23)12-15-26(27)31(28(30)33)17-20-8-4-3-5-9-20/h3-16H,17-19H2,1-2H3. The summed E-state index contributed by atoms with van der Waals surface area (Å²) < 4.78 is 12.7. The van der Waals surface area contributed by atoms with E-state index in [0.717, 1.165) is 21.9 Å². The summed E-state index contributed by atoms with van der Waals surface area (Å²) in [6.07, 6.45) is 0. The molecule has 1 amide bonds. The molecule has 186 valence electrons. The lowest BCUT2D eigenvalue weighted by atomic mass is 9.89. The number of benzene rings is 4. The summed E-state index contributed by atoms with van der Waals surface area (Å²) in [6.45, 7) is 4.92. The zero-order chi connectivity index (χ0) is 25.8. The Kier molecular flexibility index (Phi) is 5.36. The van der Waals surface area contributed by atoms with Crippen LogP contribution in [0.4, 0.5) is 11.4 Å². The lowest BCUT2D eigenvalue weighted by Gasteiger charge is -2.43. The maximum atomic E-state index is 14.6. The van der Waals surface area contributed by atoms with Crippen LogP contribution in [0.15, 0.2) is 84.9 Å². The topological polar surface area (TPSA) is 81.9 Å². The number of fused-ring (bicyclic) bond motifs is 6. The molecule has 0 N–H and O–H groups in total. The molecule has 4 aromatic rings. The number of nitrogens with zero attached hydrogens (tertiary/aromatic N) is 2. The SMILES string of the molecule is CC1(C)COC2(OC1)C(=O)N(Cc1ccccc1)c1ccc3ccccc3c1-c1cc([N+](=O)[O-])ccc12. The fourth-order valence-corrected chi connectivity index (χ4v) is 5.19. The van der Waals surface area contributed by atoms with E-state index in [1.807, 2.05) is 80.6 Å². The Bertz CT molecular complexity index is 1540. The zero-order valence-electron chi connectivity index (χ0n) is 20.6. The van der Waals surface area contributed by atoms with Crippen molar-refractivity contribution in [2.45, 2.75) is 26.2 Å². The van der Waals surface area contributed by atoms with Gasteiger partial charge in [-0.15, -0.1) is 0 Å². The van der Waals surface area contributed by atoms with Crippen LogP contribution >= 0.6 is 0 Å². The molecule has 37 heavy (non-hydrogen) atoms. The van der Waals surface area contributed by atoms with Crippen LogP contribution < -0.4 is 4.90 Å². The molecule has 7 heteroatoms. The first-order valence-electron chi connectivity index (χ1n) is 12.2. The Morgan fingerprint density at radius 1 is 0.919 bits per heavy atom. The van der Waals surface area contributed by atoms with Gasteiger partial charge in [0, 0.05) is 34.2 Å². The predicted octanol–water partition coefficient (Wildman–Crippen LogP) is 6.19. The van der Waals surface area contributed by atoms with Crippen LogP contribution in [-0.4, -0.2) is 24.0 Å². The number of non-ortho nitro benzene ring substituents is 1. The highest BCUT2D eigenvalue weighted by atomic mass is 16.7. The van der Waals surface area contributed by atoms with Gasteiger partial charge in [-0.3, -0.25) is 14.9 Å². The highest BCUT2D eigenvalue weighted by Gasteiger charge is 2.54. The van der Waals surface area contributed by atoms with Gasteiger partial charge in [-0.05, 0) is 28.5 Å². The Morgan fingerprint density at radius 2 is 1.62 bits per heavy atom. The molecule has 2 heterocycles. The molecule has 4 aromatic carbocycles. The van der Waals surface area contributed by atoms with E-state index in [1.165, 1.54) is 12.1 Å². The summed E-state index contributed by atoms with van der Waals surface area (Å²) >= 11 is 0. The number of nitro groups is 1. The summed E-state index contributed by atoms with van der Waals surface area (Å²) in [6, 6.07) is 26.0. The van der Waals surface area contributed by atoms with Crippen molar-refractivity contribution in [3.8, 4) is 11.1 Å². The van der Waals surface area contributed by atoms with Crippen molar-refractivity contribution in [2.75, 3.05) is 18.1 Å². The molecule has 0 saturated carbocycles. The summed E-state index contributed by atoms with van der Waals surface area (Å²) in [4.78, 5) is 27.7. The molecule has 2 aliphatic heterocycles. The molecule has 0 aliphatic carbocycles. The Morgan fingerprint density at radius 3 is 2.35 bits per heavy atom. The molecule has 7 nitrogen and oxygen atoms in total. The lowest BCUT2D eigenvalue weighted by Crippen LogP contribution is -2.55. The highest BCUT2D eigenvalue weighted by Crippen LogP contribution is 2.51. The fraction of sp³-hybridized carbons (Fsp3) is 0.233. The van der Waals surface area contributed by atoms with E-state index in [-0.39, 0.29) is 17.0 Å². The molecule has 0 bridgehead atoms. The third kappa shape index (κ3) is 3.79. The van der Waals surface area contributed by atoms with E-state index in [2.05, 4.69) is 0 Å². The molecule has 0 unspecified atom stereocenters. The second-order valence-corrected chi connectivity index (χ2v) is 10.4. The van der Waals surface area contributed by atoms with Gasteiger partial charge >= 0.3 is 0 Å². The van der Waals surface area contributed by atoms with Gasteiger partial charge in [0.25, 0.3) is 17.4 Å². The van der Waals surface area contributed by atoms with Gasteiger partial charge < -0.3 is 14.4 Å². The van der Waals surface area contributed by atoms with Crippen LogP contribution in [0.3, 0.4) is 0 Å². The Balaban J connectivity index is 1.68. The maximum Gasteiger partial charge on any atom is 0.292 e. The number of carbonyl (C=O) groups excluding carboxylic acids is 1. The minimum Gasteiger partial charge on any atom is -0.338 e. The molecule has 1 spiro atoms. The van der Waals surface area contributed by atoms with Crippen molar-refractivity contribution < 1.29 is 19.2 Å². The van der Waals surface area contributed by atoms with Crippen molar-refractivity contribution in [2.24, 2.45) is 5.41 Å². The van der Waals surface area contributed by atoms with Crippen molar-refractivity contribution in [3.63, 3.8) is 0 Å². The van der Waals surface area contributed by atoms with Crippen molar-refractivity contribution in [3.05, 3.63) is 106 Å². The molecular formula is C30H26N2O5. The molecule has 0 atom stereocenters. The van der Waals surface area contributed by atoms with Gasteiger partial charge in [0.15, 0.2) is 0 Å². The van der Waals surface area contributed by atoms with E-state index in [9.17, 15) is 14.9 Å². The average molecular weight is 495 g/mol. The Hall–Kier alpha value is -4.07. The fourth-order valence-electron chi connectivity index (χ4n) is 5.19. The number of rotatable bonds is 3. The first-order chi connectivity index (χ1) is 17.8. The number of hydrogen-bond acceptors (Lipinski definition) is 5. The summed E-state index contributed by atoms with van der Waals surface area (Å²) in [5.41, 5.74) is 3.03. The van der Waals surface area contributed by atoms with Crippen LogP contribution in [0.1, 0.15) is 25.0 Å². The minimum atomic E-state index is -1.73. The van der Waals surface area contributed by atoms with E-state index in [0.29, 0.717) is 36.6 Å². The second-order valence-electron chi connectivity index (χ2n) is 10.4. The highest BCUT2D eigenvalue weighted by molar-refractivity contribution is 6.13. The lowest BCUT2D eigenvalue weighted by molar-refractivity contribution is -0.384. The largest absolute Gasteiger partial charge is 0.338 e. The number of carbonyl (C=O) groups is 1. The molecule has 2 aliphatic rings. The molecule has 1 fully saturated rings. The van der Waals surface area contributed by atoms with E-state index in [4.69, 9.17) is 9.47 Å². The van der Waals surface area contributed by atoms with Gasteiger partial charge in [0.1, 0.15) is 0 Å². The van der Waals surface area contributed by atoms with Gasteiger partial charge in [-0.25, -0.2) is 0 Å². The molecule has 0 aromatic heterocycles. The maximum absolute atomic E-state index is 14.6. The number of ether oxygens (including phenoxy) is 2. The molecular weight excluding hydrogens is 468 g/mol. The number of amides is 1.